The van der Waals surface area contributed by atoms with Crippen molar-refractivity contribution >= 4 is 11.8 Å². The summed E-state index contributed by atoms with van der Waals surface area (Å²) in [4.78, 5) is 12.2. The Morgan fingerprint density at radius 3 is 2.95 bits per heavy atom. The highest BCUT2D eigenvalue weighted by atomic mass is 16.5. The Balaban J connectivity index is 1.61. The summed E-state index contributed by atoms with van der Waals surface area (Å²) < 4.78 is 12.5. The molecule has 0 bridgehead atoms. The number of nitrogens with one attached hydrogen (secondary N) is 2. The Hall–Kier alpha value is -1.60. The predicted octanol–water partition coefficient (Wildman–Crippen LogP) is 1.96. The molecule has 0 spiro atoms. The highest BCUT2D eigenvalue weighted by Crippen LogP contribution is 2.32. The second-order valence-corrected chi connectivity index (χ2v) is 6.23. The number of rotatable bonds is 5. The first-order chi connectivity index (χ1) is 10.6. The standard InChI is InChI=1S/C15H24N4O3/c1-19-13(9-11(18-19)12-5-3-8-22-12)16-14(20)17-15(10-21-2)6-4-7-15/h9,12H,3-8,10H2,1-2H3,(H2,16,17,20)/t12-/m1/s1. The molecule has 0 unspecified atom stereocenters. The van der Waals surface area contributed by atoms with Gasteiger partial charge in [0.2, 0.25) is 0 Å². The van der Waals surface area contributed by atoms with E-state index in [1.54, 1.807) is 11.8 Å². The van der Waals surface area contributed by atoms with Crippen LogP contribution in [-0.2, 0) is 16.5 Å². The van der Waals surface area contributed by atoms with E-state index < -0.39 is 0 Å². The summed E-state index contributed by atoms with van der Waals surface area (Å²) in [6.07, 6.45) is 5.14. The Labute approximate surface area is 130 Å². The number of aromatic nitrogens is 2. The molecule has 7 heteroatoms. The molecule has 3 rings (SSSR count). The van der Waals surface area contributed by atoms with E-state index in [2.05, 4.69) is 15.7 Å². The number of urea groups is 1. The van der Waals surface area contributed by atoms with Gasteiger partial charge in [-0.2, -0.15) is 5.10 Å². The third-order valence-electron chi connectivity index (χ3n) is 4.51. The molecule has 2 N–H and O–H groups in total. The summed E-state index contributed by atoms with van der Waals surface area (Å²) in [5.74, 6) is 0.676. The van der Waals surface area contributed by atoms with Crippen molar-refractivity contribution in [3.05, 3.63) is 11.8 Å². The molecular formula is C15H24N4O3. The Morgan fingerprint density at radius 2 is 2.36 bits per heavy atom. The van der Waals surface area contributed by atoms with Crippen LogP contribution in [0.5, 0.6) is 0 Å². The van der Waals surface area contributed by atoms with Crippen LogP contribution < -0.4 is 10.6 Å². The van der Waals surface area contributed by atoms with Gasteiger partial charge in [-0.3, -0.25) is 10.00 Å². The van der Waals surface area contributed by atoms with E-state index in [4.69, 9.17) is 9.47 Å². The van der Waals surface area contributed by atoms with Gasteiger partial charge in [-0.25, -0.2) is 4.79 Å². The van der Waals surface area contributed by atoms with Crippen molar-refractivity contribution in [3.8, 4) is 0 Å². The first-order valence-electron chi connectivity index (χ1n) is 7.85. The molecule has 0 radical (unpaired) electrons. The smallest absolute Gasteiger partial charge is 0.320 e. The summed E-state index contributed by atoms with van der Waals surface area (Å²) >= 11 is 0. The normalized spacial score (nSPS) is 23.1. The van der Waals surface area contributed by atoms with Crippen LogP contribution in [0, 0.1) is 0 Å². The molecule has 1 saturated carbocycles. The lowest BCUT2D eigenvalue weighted by atomic mass is 9.77. The van der Waals surface area contributed by atoms with E-state index in [1.165, 1.54) is 0 Å². The summed E-state index contributed by atoms with van der Waals surface area (Å²) in [5.41, 5.74) is 0.667. The second kappa shape index (κ2) is 6.26. The molecule has 2 aliphatic rings. The van der Waals surface area contributed by atoms with Gasteiger partial charge in [0.05, 0.1) is 17.8 Å². The van der Waals surface area contributed by atoms with Gasteiger partial charge in [0, 0.05) is 26.8 Å². The molecule has 2 heterocycles. The number of anilines is 1. The number of amides is 2. The molecule has 22 heavy (non-hydrogen) atoms. The quantitative estimate of drug-likeness (QED) is 0.872. The molecule has 0 aromatic carbocycles. The lowest BCUT2D eigenvalue weighted by molar-refractivity contribution is 0.0648. The van der Waals surface area contributed by atoms with Gasteiger partial charge < -0.3 is 14.8 Å². The lowest BCUT2D eigenvalue weighted by Gasteiger charge is -2.41. The third kappa shape index (κ3) is 3.10. The summed E-state index contributed by atoms with van der Waals surface area (Å²) in [7, 11) is 3.48. The van der Waals surface area contributed by atoms with E-state index >= 15 is 0 Å². The fourth-order valence-electron chi connectivity index (χ4n) is 3.15. The molecule has 1 aliphatic carbocycles. The van der Waals surface area contributed by atoms with Gasteiger partial charge in [0.15, 0.2) is 0 Å². The zero-order valence-corrected chi connectivity index (χ0v) is 13.2. The summed E-state index contributed by atoms with van der Waals surface area (Å²) in [5, 5.41) is 10.4. The highest BCUT2D eigenvalue weighted by molar-refractivity contribution is 5.89. The molecule has 1 aliphatic heterocycles. The van der Waals surface area contributed by atoms with Gasteiger partial charge in [-0.05, 0) is 32.1 Å². The van der Waals surface area contributed by atoms with Crippen LogP contribution in [0.1, 0.15) is 43.9 Å². The second-order valence-electron chi connectivity index (χ2n) is 6.23. The predicted molar refractivity (Wildman–Crippen MR) is 81.7 cm³/mol. The van der Waals surface area contributed by atoms with E-state index in [9.17, 15) is 4.79 Å². The first-order valence-corrected chi connectivity index (χ1v) is 7.85. The van der Waals surface area contributed by atoms with E-state index in [0.717, 1.165) is 44.4 Å². The van der Waals surface area contributed by atoms with Crippen LogP contribution in [0.2, 0.25) is 0 Å². The minimum Gasteiger partial charge on any atom is -0.382 e. The summed E-state index contributed by atoms with van der Waals surface area (Å²) in [6.45, 7) is 1.33. The number of carbonyl (C=O) groups is 1. The SMILES string of the molecule is COCC1(NC(=O)Nc2cc([C@H]3CCCO3)nn2C)CCC1. The largest absolute Gasteiger partial charge is 0.382 e. The van der Waals surface area contributed by atoms with Gasteiger partial charge in [0.1, 0.15) is 11.9 Å². The molecule has 7 nitrogen and oxygen atoms in total. The molecule has 1 saturated heterocycles. The molecular weight excluding hydrogens is 284 g/mol. The Morgan fingerprint density at radius 1 is 1.55 bits per heavy atom. The van der Waals surface area contributed by atoms with Gasteiger partial charge in [-0.1, -0.05) is 0 Å². The number of hydrogen-bond acceptors (Lipinski definition) is 4. The molecule has 1 atom stereocenters. The number of ether oxygens (including phenoxy) is 2. The van der Waals surface area contributed by atoms with Crippen LogP contribution in [0.4, 0.5) is 10.6 Å². The van der Waals surface area contributed by atoms with Crippen LogP contribution >= 0.6 is 0 Å². The van der Waals surface area contributed by atoms with Gasteiger partial charge in [-0.15, -0.1) is 0 Å². The van der Waals surface area contributed by atoms with Crippen LogP contribution in [0.15, 0.2) is 6.07 Å². The van der Waals surface area contributed by atoms with Crippen molar-refractivity contribution in [2.75, 3.05) is 25.6 Å². The highest BCUT2D eigenvalue weighted by Gasteiger charge is 2.38. The van der Waals surface area contributed by atoms with E-state index in [-0.39, 0.29) is 17.7 Å². The lowest BCUT2D eigenvalue weighted by Crippen LogP contribution is -2.57. The zero-order valence-electron chi connectivity index (χ0n) is 13.2. The maximum atomic E-state index is 12.2. The van der Waals surface area contributed by atoms with Gasteiger partial charge >= 0.3 is 6.03 Å². The van der Waals surface area contributed by atoms with Crippen molar-refractivity contribution in [3.63, 3.8) is 0 Å². The average Bonchev–Trinajstić information content (AvgIpc) is 3.07. The first kappa shape index (κ1) is 15.3. The maximum Gasteiger partial charge on any atom is 0.320 e. The fourth-order valence-corrected chi connectivity index (χ4v) is 3.15. The monoisotopic (exact) mass is 308 g/mol. The Bertz CT molecular complexity index is 533. The molecule has 1 aromatic heterocycles. The fraction of sp³-hybridized carbons (Fsp3) is 0.733. The molecule has 1 aromatic rings. The van der Waals surface area contributed by atoms with Crippen LogP contribution in [-0.4, -0.2) is 41.7 Å². The number of methoxy groups -OCH3 is 1. The molecule has 2 amide bonds. The number of hydrogen-bond donors (Lipinski definition) is 2. The number of carbonyl (C=O) groups excluding carboxylic acids is 1. The van der Waals surface area contributed by atoms with Crippen molar-refractivity contribution in [1.82, 2.24) is 15.1 Å². The number of nitrogens with zero attached hydrogens (tertiary/aromatic N) is 2. The van der Waals surface area contributed by atoms with E-state index in [1.807, 2.05) is 13.1 Å². The summed E-state index contributed by atoms with van der Waals surface area (Å²) in [6, 6.07) is 1.68. The van der Waals surface area contributed by atoms with Crippen molar-refractivity contribution in [1.29, 1.82) is 0 Å². The topological polar surface area (TPSA) is 77.4 Å². The Kier molecular flexibility index (Phi) is 4.35. The van der Waals surface area contributed by atoms with Crippen LogP contribution in [0.25, 0.3) is 0 Å². The average molecular weight is 308 g/mol. The number of aryl methyl sites for hydroxylation is 1. The van der Waals surface area contributed by atoms with Crippen LogP contribution in [0.3, 0.4) is 0 Å². The minimum absolute atomic E-state index is 0.0521. The molecule has 2 fully saturated rings. The van der Waals surface area contributed by atoms with Crippen molar-refractivity contribution < 1.29 is 14.3 Å². The maximum absolute atomic E-state index is 12.2. The third-order valence-corrected chi connectivity index (χ3v) is 4.51. The van der Waals surface area contributed by atoms with E-state index in [0.29, 0.717) is 12.4 Å². The zero-order chi connectivity index (χ0) is 15.6. The van der Waals surface area contributed by atoms with Crippen molar-refractivity contribution in [2.45, 2.75) is 43.7 Å². The van der Waals surface area contributed by atoms with Crippen molar-refractivity contribution in [2.24, 2.45) is 7.05 Å². The minimum atomic E-state index is -0.213. The molecule has 122 valence electrons. The van der Waals surface area contributed by atoms with Gasteiger partial charge in [0.25, 0.3) is 0 Å².